The molecular formula is C23H37IN6O. The Morgan fingerprint density at radius 2 is 1.90 bits per heavy atom. The smallest absolute Gasteiger partial charge is 0.232 e. The number of aromatic nitrogens is 2. The quantitative estimate of drug-likeness (QED) is 0.324. The van der Waals surface area contributed by atoms with Gasteiger partial charge in [-0.05, 0) is 32.3 Å². The molecule has 0 saturated carbocycles. The van der Waals surface area contributed by atoms with Crippen molar-refractivity contribution in [2.45, 2.75) is 71.5 Å². The zero-order valence-electron chi connectivity index (χ0n) is 19.4. The van der Waals surface area contributed by atoms with E-state index in [0.29, 0.717) is 30.3 Å². The van der Waals surface area contributed by atoms with Gasteiger partial charge in [0.25, 0.3) is 0 Å². The molecule has 2 heterocycles. The summed E-state index contributed by atoms with van der Waals surface area (Å²) >= 11 is 0. The van der Waals surface area contributed by atoms with Crippen LogP contribution in [0.15, 0.2) is 39.8 Å². The minimum Gasteiger partial charge on any atom is -0.357 e. The highest BCUT2D eigenvalue weighted by Gasteiger charge is 2.24. The van der Waals surface area contributed by atoms with E-state index in [9.17, 15) is 0 Å². The number of guanidine groups is 1. The van der Waals surface area contributed by atoms with Crippen LogP contribution in [0.1, 0.15) is 70.8 Å². The molecule has 1 unspecified atom stereocenters. The molecule has 0 radical (unpaired) electrons. The number of benzene rings is 1. The molecule has 1 aliphatic heterocycles. The third-order valence-electron chi connectivity index (χ3n) is 5.53. The topological polar surface area (TPSA) is 78.6 Å². The summed E-state index contributed by atoms with van der Waals surface area (Å²) in [6.07, 6.45) is 2.19. The number of likely N-dealkylation sites (tertiary alicyclic amines) is 1. The first-order valence-electron chi connectivity index (χ1n) is 11.0. The third kappa shape index (κ3) is 7.45. The molecular weight excluding hydrogens is 503 g/mol. The lowest BCUT2D eigenvalue weighted by Crippen LogP contribution is -2.49. The van der Waals surface area contributed by atoms with Crippen LogP contribution in [0.4, 0.5) is 0 Å². The SMILES string of the molecule is CCNC(=NCc1noc(C(C)(C)C)n1)NC1CCN(C(C)c2ccccc2)CC1.I. The summed E-state index contributed by atoms with van der Waals surface area (Å²) in [5.74, 6) is 2.07. The van der Waals surface area contributed by atoms with Crippen LogP contribution in [0.5, 0.6) is 0 Å². The van der Waals surface area contributed by atoms with Crippen LogP contribution in [0, 0.1) is 0 Å². The number of hydrogen-bond acceptors (Lipinski definition) is 5. The molecule has 1 fully saturated rings. The molecule has 0 aliphatic carbocycles. The Balaban J connectivity index is 0.00000341. The predicted octanol–water partition coefficient (Wildman–Crippen LogP) is 4.27. The van der Waals surface area contributed by atoms with Crippen molar-refractivity contribution in [1.29, 1.82) is 0 Å². The average Bonchev–Trinajstić information content (AvgIpc) is 3.23. The fourth-order valence-electron chi connectivity index (χ4n) is 3.66. The first-order valence-corrected chi connectivity index (χ1v) is 11.0. The van der Waals surface area contributed by atoms with Gasteiger partial charge in [0.05, 0.1) is 0 Å². The van der Waals surface area contributed by atoms with Gasteiger partial charge in [0.2, 0.25) is 5.89 Å². The first-order chi connectivity index (χ1) is 14.4. The minimum atomic E-state index is -0.150. The highest BCUT2D eigenvalue weighted by molar-refractivity contribution is 14.0. The van der Waals surface area contributed by atoms with Crippen LogP contribution in [0.3, 0.4) is 0 Å². The number of rotatable bonds is 6. The van der Waals surface area contributed by atoms with E-state index in [1.807, 2.05) is 0 Å². The number of piperidine rings is 1. The minimum absolute atomic E-state index is 0. The van der Waals surface area contributed by atoms with Crippen molar-refractivity contribution in [3.05, 3.63) is 47.6 Å². The van der Waals surface area contributed by atoms with Gasteiger partial charge in [-0.2, -0.15) is 4.98 Å². The largest absolute Gasteiger partial charge is 0.357 e. The van der Waals surface area contributed by atoms with Gasteiger partial charge < -0.3 is 15.2 Å². The second-order valence-electron chi connectivity index (χ2n) is 9.00. The lowest BCUT2D eigenvalue weighted by atomic mass is 9.97. The van der Waals surface area contributed by atoms with E-state index in [0.717, 1.165) is 38.4 Å². The van der Waals surface area contributed by atoms with Crippen molar-refractivity contribution in [3.8, 4) is 0 Å². The zero-order chi connectivity index (χ0) is 21.6. The lowest BCUT2D eigenvalue weighted by Gasteiger charge is -2.37. The average molecular weight is 540 g/mol. The van der Waals surface area contributed by atoms with Gasteiger partial charge in [-0.3, -0.25) is 4.90 Å². The van der Waals surface area contributed by atoms with E-state index in [-0.39, 0.29) is 29.4 Å². The van der Waals surface area contributed by atoms with E-state index in [2.05, 4.69) is 95.6 Å². The molecule has 0 bridgehead atoms. The molecule has 1 aliphatic rings. The highest BCUT2D eigenvalue weighted by atomic mass is 127. The number of nitrogens with one attached hydrogen (secondary N) is 2. The summed E-state index contributed by atoms with van der Waals surface area (Å²) in [6.45, 7) is 13.9. The van der Waals surface area contributed by atoms with E-state index < -0.39 is 0 Å². The molecule has 1 atom stereocenters. The fourth-order valence-corrected chi connectivity index (χ4v) is 3.66. The molecule has 2 N–H and O–H groups in total. The van der Waals surface area contributed by atoms with E-state index in [1.54, 1.807) is 0 Å². The van der Waals surface area contributed by atoms with Gasteiger partial charge in [-0.1, -0.05) is 56.3 Å². The molecule has 31 heavy (non-hydrogen) atoms. The molecule has 172 valence electrons. The van der Waals surface area contributed by atoms with Crippen LogP contribution in [-0.2, 0) is 12.0 Å². The maximum absolute atomic E-state index is 5.37. The Morgan fingerprint density at radius 3 is 2.48 bits per heavy atom. The van der Waals surface area contributed by atoms with Gasteiger partial charge in [0.1, 0.15) is 6.54 Å². The van der Waals surface area contributed by atoms with Gasteiger partial charge in [0.15, 0.2) is 11.8 Å². The van der Waals surface area contributed by atoms with Crippen molar-refractivity contribution < 1.29 is 4.52 Å². The molecule has 0 amide bonds. The van der Waals surface area contributed by atoms with Gasteiger partial charge in [-0.15, -0.1) is 24.0 Å². The molecule has 7 nitrogen and oxygen atoms in total. The zero-order valence-corrected chi connectivity index (χ0v) is 21.7. The first kappa shape index (κ1) is 25.6. The van der Waals surface area contributed by atoms with Crippen molar-refractivity contribution in [1.82, 2.24) is 25.7 Å². The Kier molecular flexibility index (Phi) is 9.74. The van der Waals surface area contributed by atoms with Crippen molar-refractivity contribution >= 4 is 29.9 Å². The standard InChI is InChI=1S/C23H36N6O.HI/c1-6-24-22(25-16-20-27-21(30-28-20)23(3,4)5)26-19-12-14-29(15-13-19)17(2)18-10-8-7-9-11-18;/h7-11,17,19H,6,12-16H2,1-5H3,(H2,24,25,26);1H. The van der Waals surface area contributed by atoms with Gasteiger partial charge in [0, 0.05) is 37.1 Å². The van der Waals surface area contributed by atoms with E-state index in [1.165, 1.54) is 5.56 Å². The van der Waals surface area contributed by atoms with Crippen molar-refractivity contribution in [2.75, 3.05) is 19.6 Å². The predicted molar refractivity (Wildman–Crippen MR) is 136 cm³/mol. The summed E-state index contributed by atoms with van der Waals surface area (Å²) in [5.41, 5.74) is 1.23. The second-order valence-corrected chi connectivity index (χ2v) is 9.00. The molecule has 8 heteroatoms. The highest BCUT2D eigenvalue weighted by Crippen LogP contribution is 2.24. The van der Waals surface area contributed by atoms with Gasteiger partial charge in [-0.25, -0.2) is 4.99 Å². The third-order valence-corrected chi connectivity index (χ3v) is 5.53. The lowest BCUT2D eigenvalue weighted by molar-refractivity contribution is 0.158. The summed E-state index contributed by atoms with van der Waals surface area (Å²) in [4.78, 5) is 11.7. The maximum atomic E-state index is 5.37. The van der Waals surface area contributed by atoms with Gasteiger partial charge >= 0.3 is 0 Å². The number of halogens is 1. The Labute approximate surface area is 203 Å². The summed E-state index contributed by atoms with van der Waals surface area (Å²) in [7, 11) is 0. The van der Waals surface area contributed by atoms with E-state index in [4.69, 9.17) is 4.52 Å². The van der Waals surface area contributed by atoms with Crippen molar-refractivity contribution in [2.24, 2.45) is 4.99 Å². The monoisotopic (exact) mass is 540 g/mol. The number of aliphatic imine (C=N–C) groups is 1. The number of hydrogen-bond donors (Lipinski definition) is 2. The molecule has 1 aromatic carbocycles. The van der Waals surface area contributed by atoms with Crippen LogP contribution in [0.25, 0.3) is 0 Å². The number of nitrogens with zero attached hydrogens (tertiary/aromatic N) is 4. The molecule has 0 spiro atoms. The second kappa shape index (κ2) is 11.8. The Morgan fingerprint density at radius 1 is 1.23 bits per heavy atom. The van der Waals surface area contributed by atoms with E-state index >= 15 is 0 Å². The molecule has 2 aromatic rings. The Hall–Kier alpha value is -1.68. The molecule has 3 rings (SSSR count). The van der Waals surface area contributed by atoms with Crippen LogP contribution >= 0.6 is 24.0 Å². The van der Waals surface area contributed by atoms with Crippen molar-refractivity contribution in [3.63, 3.8) is 0 Å². The van der Waals surface area contributed by atoms with Crippen LogP contribution < -0.4 is 10.6 Å². The summed E-state index contributed by atoms with van der Waals surface area (Å²) in [6, 6.07) is 11.6. The fraction of sp³-hybridized carbons (Fsp3) is 0.609. The Bertz CT molecular complexity index is 809. The molecule has 1 aromatic heterocycles. The van der Waals surface area contributed by atoms with Crippen LogP contribution in [-0.4, -0.2) is 46.7 Å². The summed E-state index contributed by atoms with van der Waals surface area (Å²) < 4.78 is 5.37. The maximum Gasteiger partial charge on any atom is 0.232 e. The summed E-state index contributed by atoms with van der Waals surface area (Å²) in [5, 5.41) is 11.0. The molecule has 1 saturated heterocycles. The van der Waals surface area contributed by atoms with Crippen LogP contribution in [0.2, 0.25) is 0 Å². The normalized spacial score (nSPS) is 17.1.